The summed E-state index contributed by atoms with van der Waals surface area (Å²) in [6.45, 7) is 0. The van der Waals surface area contributed by atoms with Crippen molar-refractivity contribution < 1.29 is 14.5 Å². The molecule has 7 nitrogen and oxygen atoms in total. The van der Waals surface area contributed by atoms with Gasteiger partial charge in [0.05, 0.1) is 16.3 Å². The zero-order chi connectivity index (χ0) is 15.0. The maximum absolute atomic E-state index is 12.3. The van der Waals surface area contributed by atoms with E-state index < -0.39 is 4.92 Å². The van der Waals surface area contributed by atoms with Crippen molar-refractivity contribution >= 4 is 28.9 Å². The van der Waals surface area contributed by atoms with E-state index in [4.69, 9.17) is 0 Å². The molecule has 0 bridgehead atoms. The molecular formula is C14H15N3O4. The highest BCUT2D eigenvalue weighted by molar-refractivity contribution is 6.06. The van der Waals surface area contributed by atoms with Crippen LogP contribution in [0.25, 0.3) is 0 Å². The van der Waals surface area contributed by atoms with Crippen LogP contribution in [0.2, 0.25) is 0 Å². The topological polar surface area (TPSA) is 101 Å². The Bertz CT molecular complexity index is 629. The predicted octanol–water partition coefficient (Wildman–Crippen LogP) is 2.29. The Morgan fingerprint density at radius 1 is 1.00 bits per heavy atom. The maximum atomic E-state index is 12.3. The molecule has 110 valence electrons. The van der Waals surface area contributed by atoms with Gasteiger partial charge in [0.1, 0.15) is 0 Å². The summed E-state index contributed by atoms with van der Waals surface area (Å²) >= 11 is 0. The zero-order valence-corrected chi connectivity index (χ0v) is 11.3. The number of carbonyl (C=O) groups is 2. The fourth-order valence-corrected chi connectivity index (χ4v) is 3.07. The van der Waals surface area contributed by atoms with E-state index in [0.29, 0.717) is 18.5 Å². The normalized spacial score (nSPS) is 24.8. The summed E-state index contributed by atoms with van der Waals surface area (Å²) in [5, 5.41) is 16.3. The van der Waals surface area contributed by atoms with Gasteiger partial charge >= 0.3 is 0 Å². The molecule has 0 unspecified atom stereocenters. The number of nitrogens with one attached hydrogen (secondary N) is 2. The molecular weight excluding hydrogens is 274 g/mol. The molecule has 2 amide bonds. The van der Waals surface area contributed by atoms with Crippen molar-refractivity contribution in [3.05, 3.63) is 28.3 Å². The molecule has 1 aliphatic carbocycles. The van der Waals surface area contributed by atoms with Crippen LogP contribution in [0.5, 0.6) is 0 Å². The lowest BCUT2D eigenvalue weighted by Crippen LogP contribution is -2.40. The van der Waals surface area contributed by atoms with E-state index in [0.717, 1.165) is 12.8 Å². The van der Waals surface area contributed by atoms with Crippen molar-refractivity contribution in [1.29, 1.82) is 0 Å². The van der Waals surface area contributed by atoms with Gasteiger partial charge in [-0.2, -0.15) is 0 Å². The fourth-order valence-electron chi connectivity index (χ4n) is 3.07. The van der Waals surface area contributed by atoms with Gasteiger partial charge in [0.2, 0.25) is 11.8 Å². The summed E-state index contributed by atoms with van der Waals surface area (Å²) in [7, 11) is 0. The van der Waals surface area contributed by atoms with E-state index in [1.165, 1.54) is 18.2 Å². The Hall–Kier alpha value is -2.44. The zero-order valence-electron chi connectivity index (χ0n) is 11.3. The molecule has 2 N–H and O–H groups in total. The van der Waals surface area contributed by atoms with Crippen LogP contribution in [0.4, 0.5) is 17.1 Å². The molecule has 21 heavy (non-hydrogen) atoms. The van der Waals surface area contributed by atoms with Crippen molar-refractivity contribution in [2.75, 3.05) is 10.6 Å². The van der Waals surface area contributed by atoms with Crippen molar-refractivity contribution in [2.24, 2.45) is 11.8 Å². The average Bonchev–Trinajstić information content (AvgIpc) is 2.47. The standard InChI is InChI=1S/C14H15N3O4/c18-13-9-3-1-2-4-10(9)14(19)16-12-7-8(17(20)21)5-6-11(12)15-13/h5-7,9-10H,1-4H2,(H,15,18)(H,16,19)/t9-,10+/m0/s1. The van der Waals surface area contributed by atoms with E-state index in [-0.39, 0.29) is 35.0 Å². The minimum atomic E-state index is -0.531. The first-order chi connectivity index (χ1) is 10.1. The second-order valence-electron chi connectivity index (χ2n) is 5.46. The summed E-state index contributed by atoms with van der Waals surface area (Å²) in [6, 6.07) is 4.04. The van der Waals surface area contributed by atoms with Gasteiger partial charge in [-0.1, -0.05) is 12.8 Å². The number of anilines is 2. The quantitative estimate of drug-likeness (QED) is 0.611. The van der Waals surface area contributed by atoms with Gasteiger partial charge in [0.25, 0.3) is 5.69 Å². The molecule has 1 aliphatic heterocycles. The lowest BCUT2D eigenvalue weighted by Gasteiger charge is -2.32. The van der Waals surface area contributed by atoms with E-state index >= 15 is 0 Å². The molecule has 2 atom stereocenters. The van der Waals surface area contributed by atoms with Crippen molar-refractivity contribution in [3.63, 3.8) is 0 Å². The lowest BCUT2D eigenvalue weighted by molar-refractivity contribution is -0.384. The molecule has 2 aliphatic rings. The number of nitrogens with zero attached hydrogens (tertiary/aromatic N) is 1. The van der Waals surface area contributed by atoms with Crippen LogP contribution in [0, 0.1) is 22.0 Å². The first kappa shape index (κ1) is 13.5. The molecule has 7 heteroatoms. The van der Waals surface area contributed by atoms with E-state index in [9.17, 15) is 19.7 Å². The molecule has 1 saturated carbocycles. The van der Waals surface area contributed by atoms with Gasteiger partial charge in [-0.3, -0.25) is 19.7 Å². The Balaban J connectivity index is 2.00. The van der Waals surface area contributed by atoms with Crippen LogP contribution in [0.15, 0.2) is 18.2 Å². The highest BCUT2D eigenvalue weighted by Gasteiger charge is 2.37. The minimum Gasteiger partial charge on any atom is -0.324 e. The molecule has 1 aromatic rings. The summed E-state index contributed by atoms with van der Waals surface area (Å²) in [5.74, 6) is -1.07. The molecule has 0 radical (unpaired) electrons. The highest BCUT2D eigenvalue weighted by atomic mass is 16.6. The van der Waals surface area contributed by atoms with Crippen LogP contribution < -0.4 is 10.6 Å². The number of hydrogen-bond donors (Lipinski definition) is 2. The monoisotopic (exact) mass is 289 g/mol. The van der Waals surface area contributed by atoms with Gasteiger partial charge in [-0.15, -0.1) is 0 Å². The molecule has 0 aromatic heterocycles. The number of amides is 2. The maximum Gasteiger partial charge on any atom is 0.271 e. The summed E-state index contributed by atoms with van der Waals surface area (Å²) in [4.78, 5) is 34.9. The molecule has 3 rings (SSSR count). The Kier molecular flexibility index (Phi) is 3.32. The number of non-ortho nitro benzene ring substituents is 1. The molecule has 0 saturated heterocycles. The van der Waals surface area contributed by atoms with Gasteiger partial charge in [0, 0.05) is 24.0 Å². The van der Waals surface area contributed by atoms with Gasteiger partial charge < -0.3 is 10.6 Å². The second kappa shape index (κ2) is 5.16. The smallest absolute Gasteiger partial charge is 0.271 e. The van der Waals surface area contributed by atoms with Crippen LogP contribution >= 0.6 is 0 Å². The Labute approximate surface area is 120 Å². The number of fused-ring (bicyclic) bond motifs is 2. The van der Waals surface area contributed by atoms with Crippen molar-refractivity contribution in [3.8, 4) is 0 Å². The van der Waals surface area contributed by atoms with Crippen LogP contribution in [-0.4, -0.2) is 16.7 Å². The lowest BCUT2D eigenvalue weighted by atomic mass is 9.77. The fraction of sp³-hybridized carbons (Fsp3) is 0.429. The summed E-state index contributed by atoms with van der Waals surface area (Å²) in [5.41, 5.74) is 0.568. The SMILES string of the molecule is O=C1Nc2ccc([N+](=O)[O-])cc2NC(=O)[C@@H]2CCCC[C@H]12. The largest absolute Gasteiger partial charge is 0.324 e. The molecule has 1 heterocycles. The second-order valence-corrected chi connectivity index (χ2v) is 5.46. The van der Waals surface area contributed by atoms with Crippen LogP contribution in [0.3, 0.4) is 0 Å². The molecule has 0 spiro atoms. The minimum absolute atomic E-state index is 0.121. The number of carbonyl (C=O) groups excluding carboxylic acids is 2. The van der Waals surface area contributed by atoms with Crippen molar-refractivity contribution in [1.82, 2.24) is 0 Å². The van der Waals surface area contributed by atoms with E-state index in [1.807, 2.05) is 0 Å². The number of nitro benzene ring substituents is 1. The summed E-state index contributed by atoms with van der Waals surface area (Å²) in [6.07, 6.45) is 3.24. The third-order valence-electron chi connectivity index (χ3n) is 4.17. The van der Waals surface area contributed by atoms with E-state index in [1.54, 1.807) is 0 Å². The average molecular weight is 289 g/mol. The van der Waals surface area contributed by atoms with Crippen LogP contribution in [-0.2, 0) is 9.59 Å². The van der Waals surface area contributed by atoms with Gasteiger partial charge in [0.15, 0.2) is 0 Å². The molecule has 1 fully saturated rings. The first-order valence-electron chi connectivity index (χ1n) is 6.96. The predicted molar refractivity (Wildman–Crippen MR) is 75.8 cm³/mol. The number of benzene rings is 1. The number of hydrogen-bond acceptors (Lipinski definition) is 4. The first-order valence-corrected chi connectivity index (χ1v) is 6.96. The summed E-state index contributed by atoms with van der Waals surface area (Å²) < 4.78 is 0. The third-order valence-corrected chi connectivity index (χ3v) is 4.17. The molecule has 1 aromatic carbocycles. The third kappa shape index (κ3) is 2.46. The van der Waals surface area contributed by atoms with Crippen LogP contribution in [0.1, 0.15) is 25.7 Å². The highest BCUT2D eigenvalue weighted by Crippen LogP contribution is 2.36. The van der Waals surface area contributed by atoms with Gasteiger partial charge in [-0.05, 0) is 18.9 Å². The Morgan fingerprint density at radius 3 is 2.14 bits per heavy atom. The van der Waals surface area contributed by atoms with Gasteiger partial charge in [-0.25, -0.2) is 0 Å². The van der Waals surface area contributed by atoms with Crippen molar-refractivity contribution in [2.45, 2.75) is 25.7 Å². The Morgan fingerprint density at radius 2 is 1.57 bits per heavy atom. The van der Waals surface area contributed by atoms with E-state index in [2.05, 4.69) is 10.6 Å². The number of nitro groups is 1. The number of rotatable bonds is 1.